The molecule has 2 aliphatic rings. The van der Waals surface area contributed by atoms with E-state index in [0.29, 0.717) is 35.1 Å². The summed E-state index contributed by atoms with van der Waals surface area (Å²) in [5.74, 6) is -0.317. The molecule has 0 aromatic heterocycles. The molecule has 32 heavy (non-hydrogen) atoms. The van der Waals surface area contributed by atoms with Gasteiger partial charge in [0.25, 0.3) is 5.91 Å². The monoisotopic (exact) mass is 475 g/mol. The van der Waals surface area contributed by atoms with E-state index in [9.17, 15) is 9.59 Å². The minimum Gasteiger partial charge on any atom is -0.378 e. The lowest BCUT2D eigenvalue weighted by Gasteiger charge is -2.30. The minimum absolute atomic E-state index is 0.0637. The minimum atomic E-state index is -0.491. The van der Waals surface area contributed by atoms with Crippen molar-refractivity contribution in [2.75, 3.05) is 44.8 Å². The van der Waals surface area contributed by atoms with Crippen LogP contribution in [-0.2, 0) is 16.1 Å². The number of rotatable bonds is 5. The highest BCUT2D eigenvalue weighted by atomic mass is 35.5. The van der Waals surface area contributed by atoms with Crippen LogP contribution in [0.5, 0.6) is 0 Å². The maximum absolute atomic E-state index is 13.2. The summed E-state index contributed by atoms with van der Waals surface area (Å²) in [4.78, 5) is 31.9. The number of carbonyl (C=O) groups excluding carboxylic acids is 2. The van der Waals surface area contributed by atoms with Gasteiger partial charge in [0, 0.05) is 43.9 Å². The molecule has 1 atom stereocenters. The van der Waals surface area contributed by atoms with Gasteiger partial charge in [0.1, 0.15) is 6.04 Å². The second-order valence-corrected chi connectivity index (χ2v) is 9.08. The lowest BCUT2D eigenvalue weighted by molar-refractivity contribution is -0.134. The third kappa shape index (κ3) is 5.03. The van der Waals surface area contributed by atoms with Crippen LogP contribution in [0.15, 0.2) is 42.5 Å². The lowest BCUT2D eigenvalue weighted by Crippen LogP contribution is -2.46. The Hall–Kier alpha value is -2.28. The number of hydrogen-bond acceptors (Lipinski definition) is 4. The Labute approximate surface area is 198 Å². The fraction of sp³-hybridized carbons (Fsp3) is 0.417. The number of hydrogen-bond donors (Lipinski definition) is 0. The number of ether oxygens (including phenoxy) is 1. The molecule has 2 heterocycles. The molecule has 0 saturated carbocycles. The molecule has 0 bridgehead atoms. The number of anilines is 1. The highest BCUT2D eigenvalue weighted by Gasteiger charge is 2.36. The second kappa shape index (κ2) is 10.1. The predicted octanol–water partition coefficient (Wildman–Crippen LogP) is 4.09. The molecule has 0 spiro atoms. The van der Waals surface area contributed by atoms with Crippen LogP contribution in [0.25, 0.3) is 0 Å². The van der Waals surface area contributed by atoms with E-state index in [2.05, 4.69) is 29.2 Å². The zero-order valence-corrected chi connectivity index (χ0v) is 19.6. The number of likely N-dealkylation sites (tertiary alicyclic amines) is 1. The Morgan fingerprint density at radius 1 is 1.06 bits per heavy atom. The van der Waals surface area contributed by atoms with Crippen molar-refractivity contribution in [3.05, 3.63) is 63.6 Å². The van der Waals surface area contributed by atoms with Gasteiger partial charge in [-0.25, -0.2) is 0 Å². The van der Waals surface area contributed by atoms with Crippen molar-refractivity contribution in [1.29, 1.82) is 0 Å². The average molecular weight is 476 g/mol. The van der Waals surface area contributed by atoms with Crippen LogP contribution in [0.3, 0.4) is 0 Å². The topological polar surface area (TPSA) is 53.1 Å². The Morgan fingerprint density at radius 2 is 1.78 bits per heavy atom. The number of nitrogens with zero attached hydrogens (tertiary/aromatic N) is 3. The Balaban J connectivity index is 1.41. The van der Waals surface area contributed by atoms with Gasteiger partial charge in [0.2, 0.25) is 5.91 Å². The first-order valence-electron chi connectivity index (χ1n) is 10.9. The average Bonchev–Trinajstić information content (AvgIpc) is 3.30. The predicted molar refractivity (Wildman–Crippen MR) is 126 cm³/mol. The lowest BCUT2D eigenvalue weighted by atomic mass is 10.1. The SMILES string of the molecule is CN(Cc1ccc(N2CCOCC2)cc1)C(=O)C1CCCN1C(=O)c1cc(Cl)ccc1Cl. The molecule has 2 aromatic carbocycles. The van der Waals surface area contributed by atoms with Crippen molar-refractivity contribution >= 4 is 40.7 Å². The van der Waals surface area contributed by atoms with Crippen molar-refractivity contribution < 1.29 is 14.3 Å². The molecule has 2 aromatic rings. The van der Waals surface area contributed by atoms with Gasteiger partial charge in [-0.05, 0) is 48.7 Å². The van der Waals surface area contributed by atoms with E-state index in [0.717, 1.165) is 44.0 Å². The van der Waals surface area contributed by atoms with Gasteiger partial charge in [-0.15, -0.1) is 0 Å². The third-order valence-electron chi connectivity index (χ3n) is 6.07. The van der Waals surface area contributed by atoms with Crippen LogP contribution >= 0.6 is 23.2 Å². The van der Waals surface area contributed by atoms with Crippen molar-refractivity contribution in [3.8, 4) is 0 Å². The normalized spacial score (nSPS) is 18.7. The maximum Gasteiger partial charge on any atom is 0.256 e. The van der Waals surface area contributed by atoms with E-state index < -0.39 is 6.04 Å². The Kier molecular flexibility index (Phi) is 7.23. The number of amides is 2. The van der Waals surface area contributed by atoms with Crippen molar-refractivity contribution in [1.82, 2.24) is 9.80 Å². The first kappa shape index (κ1) is 22.9. The Bertz CT molecular complexity index is 977. The molecular weight excluding hydrogens is 449 g/mol. The number of likely N-dealkylation sites (N-methyl/N-ethyl adjacent to an activating group) is 1. The summed E-state index contributed by atoms with van der Waals surface area (Å²) in [5.41, 5.74) is 2.55. The fourth-order valence-corrected chi connectivity index (χ4v) is 4.69. The molecule has 0 aliphatic carbocycles. The van der Waals surface area contributed by atoms with Crippen LogP contribution in [0.4, 0.5) is 5.69 Å². The summed E-state index contributed by atoms with van der Waals surface area (Å²) in [7, 11) is 1.78. The molecule has 2 amide bonds. The molecule has 4 rings (SSSR count). The highest BCUT2D eigenvalue weighted by Crippen LogP contribution is 2.27. The number of carbonyl (C=O) groups is 2. The van der Waals surface area contributed by atoms with E-state index in [1.54, 1.807) is 35.0 Å². The van der Waals surface area contributed by atoms with Crippen LogP contribution in [0.1, 0.15) is 28.8 Å². The zero-order valence-electron chi connectivity index (χ0n) is 18.1. The molecule has 170 valence electrons. The van der Waals surface area contributed by atoms with Gasteiger partial charge in [0.15, 0.2) is 0 Å². The molecule has 2 fully saturated rings. The quantitative estimate of drug-likeness (QED) is 0.653. The number of benzene rings is 2. The van der Waals surface area contributed by atoms with Crippen LogP contribution < -0.4 is 4.90 Å². The molecule has 0 radical (unpaired) electrons. The van der Waals surface area contributed by atoms with Gasteiger partial charge in [0.05, 0.1) is 23.8 Å². The fourth-order valence-electron chi connectivity index (χ4n) is 4.32. The summed E-state index contributed by atoms with van der Waals surface area (Å²) < 4.78 is 5.41. The van der Waals surface area contributed by atoms with Crippen LogP contribution in [-0.4, -0.2) is 67.6 Å². The molecule has 2 aliphatic heterocycles. The van der Waals surface area contributed by atoms with E-state index in [4.69, 9.17) is 27.9 Å². The van der Waals surface area contributed by atoms with Crippen molar-refractivity contribution in [2.24, 2.45) is 0 Å². The van der Waals surface area contributed by atoms with Gasteiger partial charge in [-0.3, -0.25) is 9.59 Å². The molecule has 2 saturated heterocycles. The molecule has 8 heteroatoms. The maximum atomic E-state index is 13.2. The number of halogens is 2. The largest absolute Gasteiger partial charge is 0.378 e. The molecular formula is C24H27Cl2N3O3. The first-order chi connectivity index (χ1) is 15.4. The molecule has 1 unspecified atom stereocenters. The van der Waals surface area contributed by atoms with Crippen molar-refractivity contribution in [2.45, 2.75) is 25.4 Å². The van der Waals surface area contributed by atoms with E-state index >= 15 is 0 Å². The zero-order chi connectivity index (χ0) is 22.7. The second-order valence-electron chi connectivity index (χ2n) is 8.24. The van der Waals surface area contributed by atoms with Gasteiger partial charge in [-0.2, -0.15) is 0 Å². The summed E-state index contributed by atoms with van der Waals surface area (Å²) in [6.45, 7) is 4.28. The first-order valence-corrected chi connectivity index (χ1v) is 11.6. The molecule has 6 nitrogen and oxygen atoms in total. The molecule has 0 N–H and O–H groups in total. The van der Waals surface area contributed by atoms with E-state index in [1.807, 2.05) is 0 Å². The standard InChI is InChI=1S/C24H27Cl2N3O3/c1-27(16-17-4-7-19(8-5-17)28-11-13-32-14-12-28)24(31)22-3-2-10-29(22)23(30)20-15-18(25)6-9-21(20)26/h4-9,15,22H,2-3,10-14,16H2,1H3. The summed E-state index contributed by atoms with van der Waals surface area (Å²) in [6, 6.07) is 12.6. The van der Waals surface area contributed by atoms with E-state index in [-0.39, 0.29) is 11.8 Å². The van der Waals surface area contributed by atoms with Gasteiger partial charge in [-0.1, -0.05) is 35.3 Å². The number of morpholine rings is 1. The third-order valence-corrected chi connectivity index (χ3v) is 6.63. The smallest absolute Gasteiger partial charge is 0.256 e. The summed E-state index contributed by atoms with van der Waals surface area (Å²) in [5, 5.41) is 0.781. The van der Waals surface area contributed by atoms with Crippen molar-refractivity contribution in [3.63, 3.8) is 0 Å². The van der Waals surface area contributed by atoms with Gasteiger partial charge >= 0.3 is 0 Å². The van der Waals surface area contributed by atoms with E-state index in [1.165, 1.54) is 0 Å². The van der Waals surface area contributed by atoms with Gasteiger partial charge < -0.3 is 19.4 Å². The summed E-state index contributed by atoms with van der Waals surface area (Å²) >= 11 is 12.3. The van der Waals surface area contributed by atoms with Crippen LogP contribution in [0.2, 0.25) is 10.0 Å². The van der Waals surface area contributed by atoms with Crippen LogP contribution in [0, 0.1) is 0 Å². The summed E-state index contributed by atoms with van der Waals surface area (Å²) in [6.07, 6.45) is 1.42. The Morgan fingerprint density at radius 3 is 2.50 bits per heavy atom. The highest BCUT2D eigenvalue weighted by molar-refractivity contribution is 6.35.